The molecule has 4 nitrogen and oxygen atoms in total. The number of hydrogen-bond donors (Lipinski definition) is 0. The van der Waals surface area contributed by atoms with E-state index in [0.29, 0.717) is 17.1 Å². The Bertz CT molecular complexity index is 881. The monoisotopic (exact) mass is 333 g/mol. The van der Waals surface area contributed by atoms with Gasteiger partial charge in [0.05, 0.1) is 5.56 Å². The number of fused-ring (bicyclic) bond motifs is 1. The fraction of sp³-hybridized carbons (Fsp3) is 0.238. The molecule has 1 aliphatic rings. The van der Waals surface area contributed by atoms with Gasteiger partial charge in [-0.2, -0.15) is 5.26 Å². The normalized spacial score (nSPS) is 14.8. The largest absolute Gasteiger partial charge is 0.479 e. The SMILES string of the molecule is CC(C)(C)c1ccc(/C=C2\Oc3cc(OCC#N)ccc3C2=O)cc1. The minimum absolute atomic E-state index is 0.0461. The molecule has 0 unspecified atom stereocenters. The highest BCUT2D eigenvalue weighted by molar-refractivity contribution is 6.14. The minimum Gasteiger partial charge on any atom is -0.479 e. The molecule has 126 valence electrons. The van der Waals surface area contributed by atoms with Crippen LogP contribution in [0.15, 0.2) is 48.2 Å². The Morgan fingerprint density at radius 3 is 2.52 bits per heavy atom. The van der Waals surface area contributed by atoms with Crippen molar-refractivity contribution >= 4 is 11.9 Å². The molecule has 0 radical (unpaired) electrons. The highest BCUT2D eigenvalue weighted by Crippen LogP contribution is 2.35. The quantitative estimate of drug-likeness (QED) is 0.776. The zero-order chi connectivity index (χ0) is 18.0. The molecule has 1 heterocycles. The van der Waals surface area contributed by atoms with Gasteiger partial charge in [-0.3, -0.25) is 4.79 Å². The topological polar surface area (TPSA) is 59.3 Å². The number of carbonyl (C=O) groups excluding carboxylic acids is 1. The van der Waals surface area contributed by atoms with Crippen LogP contribution in [0.4, 0.5) is 0 Å². The lowest BCUT2D eigenvalue weighted by Crippen LogP contribution is -2.10. The number of ketones is 1. The number of hydrogen-bond acceptors (Lipinski definition) is 4. The van der Waals surface area contributed by atoms with Crippen molar-refractivity contribution in [2.45, 2.75) is 26.2 Å². The third kappa shape index (κ3) is 3.56. The number of ether oxygens (including phenoxy) is 2. The molecule has 0 N–H and O–H groups in total. The molecule has 0 amide bonds. The number of carbonyl (C=O) groups is 1. The van der Waals surface area contributed by atoms with Gasteiger partial charge in [-0.15, -0.1) is 0 Å². The van der Waals surface area contributed by atoms with Crippen molar-refractivity contribution in [3.63, 3.8) is 0 Å². The molecule has 0 atom stereocenters. The molecule has 3 rings (SSSR count). The Hall–Kier alpha value is -3.06. The predicted octanol–water partition coefficient (Wildman–Crippen LogP) is 4.50. The average Bonchev–Trinajstić information content (AvgIpc) is 2.88. The first kappa shape index (κ1) is 16.8. The van der Waals surface area contributed by atoms with Crippen molar-refractivity contribution in [1.29, 1.82) is 5.26 Å². The van der Waals surface area contributed by atoms with Gasteiger partial charge in [-0.25, -0.2) is 0 Å². The summed E-state index contributed by atoms with van der Waals surface area (Å²) in [5.74, 6) is 1.10. The Labute approximate surface area is 147 Å². The molecule has 1 aliphatic heterocycles. The lowest BCUT2D eigenvalue weighted by molar-refractivity contribution is 0.101. The van der Waals surface area contributed by atoms with Crippen LogP contribution in [0.5, 0.6) is 11.5 Å². The maximum Gasteiger partial charge on any atom is 0.231 e. The summed E-state index contributed by atoms with van der Waals surface area (Å²) in [6, 6.07) is 15.0. The van der Waals surface area contributed by atoms with Crippen LogP contribution >= 0.6 is 0 Å². The number of Topliss-reactive ketones (excluding diaryl/α,β-unsaturated/α-hetero) is 1. The summed E-state index contributed by atoms with van der Waals surface area (Å²) in [5, 5.41) is 8.57. The van der Waals surface area contributed by atoms with E-state index in [1.54, 1.807) is 24.3 Å². The second-order valence-electron chi connectivity index (χ2n) is 6.92. The van der Waals surface area contributed by atoms with Crippen LogP contribution in [0.2, 0.25) is 0 Å². The van der Waals surface area contributed by atoms with Gasteiger partial charge >= 0.3 is 0 Å². The van der Waals surface area contributed by atoms with E-state index < -0.39 is 0 Å². The van der Waals surface area contributed by atoms with E-state index >= 15 is 0 Å². The zero-order valence-electron chi connectivity index (χ0n) is 14.5. The molecule has 0 fully saturated rings. The molecule has 0 bridgehead atoms. The predicted molar refractivity (Wildman–Crippen MR) is 95.6 cm³/mol. The molecule has 0 aromatic heterocycles. The summed E-state index contributed by atoms with van der Waals surface area (Å²) < 4.78 is 10.9. The van der Waals surface area contributed by atoms with Gasteiger partial charge in [0.25, 0.3) is 0 Å². The molecule has 0 saturated heterocycles. The third-order valence-corrected chi connectivity index (χ3v) is 4.02. The van der Waals surface area contributed by atoms with E-state index in [4.69, 9.17) is 14.7 Å². The molecule has 2 aromatic rings. The van der Waals surface area contributed by atoms with Gasteiger partial charge in [0.2, 0.25) is 5.78 Å². The highest BCUT2D eigenvalue weighted by Gasteiger charge is 2.27. The average molecular weight is 333 g/mol. The molecule has 0 aliphatic carbocycles. The van der Waals surface area contributed by atoms with Crippen LogP contribution in [0.25, 0.3) is 6.08 Å². The maximum atomic E-state index is 12.5. The Balaban J connectivity index is 1.83. The molecular weight excluding hydrogens is 314 g/mol. The summed E-state index contributed by atoms with van der Waals surface area (Å²) in [4.78, 5) is 12.5. The van der Waals surface area contributed by atoms with Crippen LogP contribution in [0.1, 0.15) is 42.3 Å². The number of nitriles is 1. The number of nitrogens with zero attached hydrogens (tertiary/aromatic N) is 1. The van der Waals surface area contributed by atoms with Gasteiger partial charge in [-0.05, 0) is 34.8 Å². The van der Waals surface area contributed by atoms with Crippen molar-refractivity contribution in [2.75, 3.05) is 6.61 Å². The van der Waals surface area contributed by atoms with Crippen molar-refractivity contribution < 1.29 is 14.3 Å². The van der Waals surface area contributed by atoms with Crippen LogP contribution < -0.4 is 9.47 Å². The van der Waals surface area contributed by atoms with E-state index in [2.05, 4.69) is 32.9 Å². The highest BCUT2D eigenvalue weighted by atomic mass is 16.5. The fourth-order valence-corrected chi connectivity index (χ4v) is 2.60. The summed E-state index contributed by atoms with van der Waals surface area (Å²) in [6.07, 6.45) is 1.74. The van der Waals surface area contributed by atoms with E-state index in [0.717, 1.165) is 5.56 Å². The van der Waals surface area contributed by atoms with Gasteiger partial charge in [-0.1, -0.05) is 45.0 Å². The minimum atomic E-state index is -0.151. The Morgan fingerprint density at radius 1 is 1.16 bits per heavy atom. The van der Waals surface area contributed by atoms with Gasteiger partial charge in [0.1, 0.15) is 17.6 Å². The fourth-order valence-electron chi connectivity index (χ4n) is 2.60. The maximum absolute atomic E-state index is 12.5. The van der Waals surface area contributed by atoms with Crippen LogP contribution in [-0.4, -0.2) is 12.4 Å². The third-order valence-electron chi connectivity index (χ3n) is 4.02. The van der Waals surface area contributed by atoms with Crippen molar-refractivity contribution in [1.82, 2.24) is 0 Å². The zero-order valence-corrected chi connectivity index (χ0v) is 14.5. The lowest BCUT2D eigenvalue weighted by atomic mass is 9.86. The summed E-state index contributed by atoms with van der Waals surface area (Å²) >= 11 is 0. The molecule has 0 saturated carbocycles. The standard InChI is InChI=1S/C21H19NO3/c1-21(2,3)15-6-4-14(5-7-15)12-19-20(23)17-9-8-16(24-11-10-22)13-18(17)25-19/h4-9,12-13H,11H2,1-3H3/b19-12-. The first-order valence-corrected chi connectivity index (χ1v) is 8.07. The number of allylic oxidation sites excluding steroid dienone is 1. The van der Waals surface area contributed by atoms with E-state index in [9.17, 15) is 4.79 Å². The summed E-state index contributed by atoms with van der Waals surface area (Å²) in [5.41, 5.74) is 2.73. The molecule has 2 aromatic carbocycles. The number of benzene rings is 2. The molecule has 25 heavy (non-hydrogen) atoms. The van der Waals surface area contributed by atoms with Crippen LogP contribution in [-0.2, 0) is 5.41 Å². The van der Waals surface area contributed by atoms with Crippen molar-refractivity contribution in [3.05, 3.63) is 64.9 Å². The molecular formula is C21H19NO3. The van der Waals surface area contributed by atoms with E-state index in [-0.39, 0.29) is 23.6 Å². The van der Waals surface area contributed by atoms with E-state index in [1.165, 1.54) is 5.56 Å². The summed E-state index contributed by atoms with van der Waals surface area (Å²) in [7, 11) is 0. The van der Waals surface area contributed by atoms with Crippen molar-refractivity contribution in [3.8, 4) is 17.6 Å². The Morgan fingerprint density at radius 2 is 1.88 bits per heavy atom. The van der Waals surface area contributed by atoms with Gasteiger partial charge < -0.3 is 9.47 Å². The van der Waals surface area contributed by atoms with Gasteiger partial charge in [0.15, 0.2) is 12.4 Å². The molecule has 0 spiro atoms. The van der Waals surface area contributed by atoms with Crippen LogP contribution in [0, 0.1) is 11.3 Å². The summed E-state index contributed by atoms with van der Waals surface area (Å²) in [6.45, 7) is 6.43. The molecule has 4 heteroatoms. The first-order chi connectivity index (χ1) is 11.9. The van der Waals surface area contributed by atoms with Gasteiger partial charge in [0, 0.05) is 6.07 Å². The number of rotatable bonds is 3. The second kappa shape index (κ2) is 6.45. The smallest absolute Gasteiger partial charge is 0.231 e. The second-order valence-corrected chi connectivity index (χ2v) is 6.92. The first-order valence-electron chi connectivity index (χ1n) is 8.07. The lowest BCUT2D eigenvalue weighted by Gasteiger charge is -2.18. The van der Waals surface area contributed by atoms with Crippen molar-refractivity contribution in [2.24, 2.45) is 0 Å². The Kier molecular flexibility index (Phi) is 4.33. The van der Waals surface area contributed by atoms with Crippen LogP contribution in [0.3, 0.4) is 0 Å². The van der Waals surface area contributed by atoms with E-state index in [1.807, 2.05) is 18.2 Å².